The number of carbonyl (C=O) groups excluding carboxylic acids is 1. The molecule has 0 radical (unpaired) electrons. The Morgan fingerprint density at radius 2 is 1.41 bits per heavy atom. The van der Waals surface area contributed by atoms with Crippen LogP contribution in [0.25, 0.3) is 11.6 Å². The van der Waals surface area contributed by atoms with Gasteiger partial charge in [0.05, 0.1) is 44.8 Å². The molecule has 10 heteroatoms. The van der Waals surface area contributed by atoms with E-state index in [0.717, 1.165) is 25.8 Å². The number of thiocarbonyl (C=S) groups is 1. The Balaban J connectivity index is 1.93. The van der Waals surface area contributed by atoms with E-state index in [-0.39, 0.29) is 5.78 Å². The highest BCUT2D eigenvalue weighted by molar-refractivity contribution is 9.11. The van der Waals surface area contributed by atoms with Crippen LogP contribution in [0.4, 0.5) is 0 Å². The third kappa shape index (κ3) is 5.73. The number of ether oxygens (including phenoxy) is 3. The van der Waals surface area contributed by atoms with Gasteiger partial charge in [-0.2, -0.15) is 0 Å². The van der Waals surface area contributed by atoms with Crippen molar-refractivity contribution in [3.05, 3.63) is 94.4 Å². The predicted octanol–water partition coefficient (Wildman–Crippen LogP) is 8.37. The summed E-state index contributed by atoms with van der Waals surface area (Å²) in [4.78, 5) is 14.3. The van der Waals surface area contributed by atoms with Gasteiger partial charge in [0.25, 0.3) is 0 Å². The number of ketones is 1. The number of Topliss-reactive ketones (excluding diaryl/α,β-unsaturated/α-hetero) is 1. The first-order valence-corrected chi connectivity index (χ1v) is 14.3. The van der Waals surface area contributed by atoms with Crippen molar-refractivity contribution >= 4 is 98.4 Å². The van der Waals surface area contributed by atoms with Crippen LogP contribution in [-0.2, 0) is 0 Å². The van der Waals surface area contributed by atoms with E-state index in [4.69, 9.17) is 26.4 Å². The molecule has 5 nitrogen and oxygen atoms in total. The van der Waals surface area contributed by atoms with E-state index in [1.165, 1.54) is 0 Å². The number of methoxy groups -OCH3 is 3. The van der Waals surface area contributed by atoms with Crippen molar-refractivity contribution in [2.24, 2.45) is 0 Å². The summed E-state index contributed by atoms with van der Waals surface area (Å²) < 4.78 is 19.0. The van der Waals surface area contributed by atoms with Gasteiger partial charge in [-0.25, -0.2) is 0 Å². The molecule has 1 heterocycles. The van der Waals surface area contributed by atoms with Crippen LogP contribution in [-0.4, -0.2) is 32.1 Å². The number of nitrogens with one attached hydrogen (secondary N) is 1. The quantitative estimate of drug-likeness (QED) is 0.193. The van der Waals surface area contributed by atoms with E-state index in [0.29, 0.717) is 47.8 Å². The average molecular weight is 773 g/mol. The average Bonchev–Trinajstić information content (AvgIpc) is 3.18. The molecular formula is C27H19Br4NO4S. The zero-order valence-corrected chi connectivity index (χ0v) is 26.9. The second-order valence-corrected chi connectivity index (χ2v) is 11.6. The van der Waals surface area contributed by atoms with Crippen LogP contribution in [0.2, 0.25) is 0 Å². The second kappa shape index (κ2) is 11.8. The van der Waals surface area contributed by atoms with E-state index in [1.807, 2.05) is 42.5 Å². The number of hydrogen-bond acceptors (Lipinski definition) is 5. The molecule has 0 fully saturated rings. The maximum atomic E-state index is 13.9. The molecule has 3 aromatic rings. The highest BCUT2D eigenvalue weighted by atomic mass is 79.9. The Bertz CT molecular complexity index is 1480. The SMILES string of the molecule is COc1ccc(/C=C2\NC(=S)C(C(=O)c3cc(Br)c(OC)c(Br)c3)=C2c2ccc(OC)c(Br)c2)cc1Br. The summed E-state index contributed by atoms with van der Waals surface area (Å²) in [6.45, 7) is 0. The van der Waals surface area contributed by atoms with Crippen molar-refractivity contribution in [3.8, 4) is 17.2 Å². The summed E-state index contributed by atoms with van der Waals surface area (Å²) in [5.41, 5.74) is 3.94. The molecule has 0 amide bonds. The lowest BCUT2D eigenvalue weighted by Gasteiger charge is -2.12. The predicted molar refractivity (Wildman–Crippen MR) is 165 cm³/mol. The van der Waals surface area contributed by atoms with Crippen LogP contribution in [0.15, 0.2) is 77.7 Å². The van der Waals surface area contributed by atoms with Crippen molar-refractivity contribution in [2.75, 3.05) is 21.3 Å². The van der Waals surface area contributed by atoms with Gasteiger partial charge in [-0.1, -0.05) is 24.4 Å². The molecule has 0 aromatic heterocycles. The molecule has 1 N–H and O–H groups in total. The standard InChI is InChI=1S/C27H19Br4NO4S/c1-34-21-6-4-13(8-16(21)28)9-20-23(14-5-7-22(35-2)17(29)10-14)24(27(37)32-20)25(33)15-11-18(30)26(36-3)19(31)12-15/h4-12H,1-3H3,(H,32,37)/b20-9-. The minimum absolute atomic E-state index is 0.220. The maximum absolute atomic E-state index is 13.9. The topological polar surface area (TPSA) is 56.8 Å². The summed E-state index contributed by atoms with van der Waals surface area (Å²) in [5, 5.41) is 3.26. The van der Waals surface area contributed by atoms with Crippen LogP contribution in [0.1, 0.15) is 21.5 Å². The van der Waals surface area contributed by atoms with E-state index >= 15 is 0 Å². The summed E-state index contributed by atoms with van der Waals surface area (Å²) >= 11 is 19.8. The lowest BCUT2D eigenvalue weighted by molar-refractivity contribution is 0.104. The minimum atomic E-state index is -0.220. The Morgan fingerprint density at radius 3 is 1.95 bits per heavy atom. The van der Waals surface area contributed by atoms with Gasteiger partial charge in [0.15, 0.2) is 5.78 Å². The number of halogens is 4. The molecule has 0 saturated carbocycles. The van der Waals surface area contributed by atoms with Gasteiger partial charge in [-0.3, -0.25) is 4.79 Å². The zero-order chi connectivity index (χ0) is 26.9. The molecule has 0 spiro atoms. The largest absolute Gasteiger partial charge is 0.496 e. The molecule has 0 bridgehead atoms. The van der Waals surface area contributed by atoms with Gasteiger partial charge in [0.2, 0.25) is 0 Å². The summed E-state index contributed by atoms with van der Waals surface area (Å²) in [5.74, 6) is 1.78. The number of benzene rings is 3. The fourth-order valence-electron chi connectivity index (χ4n) is 3.91. The molecule has 37 heavy (non-hydrogen) atoms. The normalized spacial score (nSPS) is 14.1. The number of hydrogen-bond donors (Lipinski definition) is 1. The number of allylic oxidation sites excluding steroid dienone is 1. The van der Waals surface area contributed by atoms with Crippen LogP contribution in [0.3, 0.4) is 0 Å². The van der Waals surface area contributed by atoms with Gasteiger partial charge >= 0.3 is 0 Å². The fourth-order valence-corrected chi connectivity index (χ4v) is 6.83. The van der Waals surface area contributed by atoms with Gasteiger partial charge in [0, 0.05) is 16.8 Å². The molecule has 0 aliphatic carbocycles. The monoisotopic (exact) mass is 769 g/mol. The molecular weight excluding hydrogens is 754 g/mol. The molecule has 190 valence electrons. The summed E-state index contributed by atoms with van der Waals surface area (Å²) in [6, 6.07) is 14.9. The Hall–Kier alpha value is -1.98. The molecule has 0 atom stereocenters. The molecule has 4 rings (SSSR count). The second-order valence-electron chi connectivity index (χ2n) is 7.81. The van der Waals surface area contributed by atoms with Crippen LogP contribution in [0, 0.1) is 0 Å². The first-order chi connectivity index (χ1) is 17.7. The Labute approximate surface area is 253 Å². The van der Waals surface area contributed by atoms with Gasteiger partial charge < -0.3 is 19.5 Å². The van der Waals surface area contributed by atoms with E-state index in [2.05, 4.69) is 69.0 Å². The van der Waals surface area contributed by atoms with Crippen molar-refractivity contribution in [2.45, 2.75) is 0 Å². The molecule has 1 aliphatic heterocycles. The van der Waals surface area contributed by atoms with Crippen molar-refractivity contribution < 1.29 is 19.0 Å². The maximum Gasteiger partial charge on any atom is 0.196 e. The fraction of sp³-hybridized carbons (Fsp3) is 0.111. The highest BCUT2D eigenvalue weighted by Gasteiger charge is 2.32. The smallest absolute Gasteiger partial charge is 0.196 e. The lowest BCUT2D eigenvalue weighted by Crippen LogP contribution is -2.18. The van der Waals surface area contributed by atoms with Gasteiger partial charge in [-0.05, 0) is 117 Å². The zero-order valence-electron chi connectivity index (χ0n) is 19.7. The van der Waals surface area contributed by atoms with E-state index in [9.17, 15) is 4.79 Å². The van der Waals surface area contributed by atoms with Crippen LogP contribution in [0.5, 0.6) is 17.2 Å². The van der Waals surface area contributed by atoms with Crippen LogP contribution >= 0.6 is 75.9 Å². The van der Waals surface area contributed by atoms with E-state index < -0.39 is 0 Å². The molecule has 0 saturated heterocycles. The Morgan fingerprint density at radius 1 is 0.811 bits per heavy atom. The minimum Gasteiger partial charge on any atom is -0.496 e. The third-order valence-electron chi connectivity index (χ3n) is 5.61. The summed E-state index contributed by atoms with van der Waals surface area (Å²) in [6.07, 6.45) is 1.95. The highest BCUT2D eigenvalue weighted by Crippen LogP contribution is 2.40. The first kappa shape index (κ1) is 28.0. The van der Waals surface area contributed by atoms with Crippen LogP contribution < -0.4 is 19.5 Å². The van der Waals surface area contributed by atoms with Crippen molar-refractivity contribution in [1.29, 1.82) is 0 Å². The number of carbonyl (C=O) groups is 1. The lowest BCUT2D eigenvalue weighted by atomic mass is 9.94. The summed E-state index contributed by atoms with van der Waals surface area (Å²) in [7, 11) is 4.79. The molecule has 0 unspecified atom stereocenters. The molecule has 1 aliphatic rings. The third-order valence-corrected chi connectivity index (χ3v) is 8.34. The molecule has 3 aromatic carbocycles. The first-order valence-electron chi connectivity index (χ1n) is 10.7. The van der Waals surface area contributed by atoms with E-state index in [1.54, 1.807) is 33.5 Å². The van der Waals surface area contributed by atoms with Crippen molar-refractivity contribution in [3.63, 3.8) is 0 Å². The van der Waals surface area contributed by atoms with Crippen molar-refractivity contribution in [1.82, 2.24) is 5.32 Å². The Kier molecular flexibility index (Phi) is 8.96. The number of rotatable bonds is 7. The van der Waals surface area contributed by atoms with Gasteiger partial charge in [0.1, 0.15) is 22.2 Å². The van der Waals surface area contributed by atoms with Gasteiger partial charge in [-0.15, -0.1) is 0 Å².